The van der Waals surface area contributed by atoms with Gasteiger partial charge in [-0.3, -0.25) is 0 Å². The molecule has 2 N–H and O–H groups in total. The summed E-state index contributed by atoms with van der Waals surface area (Å²) in [6, 6.07) is 10.6. The lowest BCUT2D eigenvalue weighted by Crippen LogP contribution is -2.30. The Hall–Kier alpha value is -3.09. The fourth-order valence-corrected chi connectivity index (χ4v) is 2.45. The standard InChI is InChI=1S/C19H24N2O5/c1-23-15-7-5-13(11-17(15)25-3)9-10-20-19(22)21-14-6-8-16(24-2)18(12-14)26-4/h5-8,11-12H,9-10H2,1-4H3,(H2,20,21,22). The molecule has 0 aliphatic rings. The van der Waals surface area contributed by atoms with Gasteiger partial charge in [-0.15, -0.1) is 0 Å². The number of urea groups is 1. The third-order valence-corrected chi connectivity index (χ3v) is 3.79. The van der Waals surface area contributed by atoms with Gasteiger partial charge in [-0.05, 0) is 36.2 Å². The zero-order chi connectivity index (χ0) is 18.9. The summed E-state index contributed by atoms with van der Waals surface area (Å²) in [5.41, 5.74) is 1.65. The van der Waals surface area contributed by atoms with Gasteiger partial charge >= 0.3 is 6.03 Å². The number of benzene rings is 2. The Morgan fingerprint density at radius 3 is 2.00 bits per heavy atom. The second-order valence-electron chi connectivity index (χ2n) is 5.39. The van der Waals surface area contributed by atoms with Crippen molar-refractivity contribution >= 4 is 11.7 Å². The number of carbonyl (C=O) groups excluding carboxylic acids is 1. The molecule has 0 saturated carbocycles. The van der Waals surface area contributed by atoms with E-state index in [2.05, 4.69) is 10.6 Å². The van der Waals surface area contributed by atoms with Crippen LogP contribution < -0.4 is 29.6 Å². The molecule has 0 radical (unpaired) electrons. The molecule has 2 aromatic rings. The molecule has 0 aromatic heterocycles. The van der Waals surface area contributed by atoms with Gasteiger partial charge in [0.15, 0.2) is 23.0 Å². The molecule has 0 aliphatic heterocycles. The van der Waals surface area contributed by atoms with Gasteiger partial charge in [0.2, 0.25) is 0 Å². The molecule has 0 aliphatic carbocycles. The van der Waals surface area contributed by atoms with Gasteiger partial charge in [-0.1, -0.05) is 6.07 Å². The van der Waals surface area contributed by atoms with Crippen molar-refractivity contribution in [1.29, 1.82) is 0 Å². The maximum Gasteiger partial charge on any atom is 0.319 e. The molecule has 0 bridgehead atoms. The lowest BCUT2D eigenvalue weighted by atomic mass is 10.1. The monoisotopic (exact) mass is 360 g/mol. The Balaban J connectivity index is 1.87. The van der Waals surface area contributed by atoms with Crippen LogP contribution in [-0.4, -0.2) is 41.0 Å². The average molecular weight is 360 g/mol. The first-order chi connectivity index (χ1) is 12.6. The van der Waals surface area contributed by atoms with Crippen molar-refractivity contribution in [3.63, 3.8) is 0 Å². The van der Waals surface area contributed by atoms with Crippen molar-refractivity contribution in [3.05, 3.63) is 42.0 Å². The highest BCUT2D eigenvalue weighted by molar-refractivity contribution is 5.89. The summed E-state index contributed by atoms with van der Waals surface area (Å²) in [5, 5.41) is 5.58. The molecule has 2 aromatic carbocycles. The fraction of sp³-hybridized carbons (Fsp3) is 0.316. The van der Waals surface area contributed by atoms with E-state index in [0.29, 0.717) is 41.7 Å². The predicted molar refractivity (Wildman–Crippen MR) is 99.8 cm³/mol. The predicted octanol–water partition coefficient (Wildman–Crippen LogP) is 3.09. The Kier molecular flexibility index (Phi) is 6.96. The zero-order valence-corrected chi connectivity index (χ0v) is 15.4. The lowest BCUT2D eigenvalue weighted by molar-refractivity contribution is 0.252. The van der Waals surface area contributed by atoms with Crippen LogP contribution in [0.2, 0.25) is 0 Å². The molecule has 7 heteroatoms. The molecule has 2 amide bonds. The maximum atomic E-state index is 12.0. The molecule has 140 valence electrons. The van der Waals surface area contributed by atoms with E-state index in [4.69, 9.17) is 18.9 Å². The minimum Gasteiger partial charge on any atom is -0.493 e. The number of hydrogen-bond donors (Lipinski definition) is 2. The molecule has 0 heterocycles. The van der Waals surface area contributed by atoms with Crippen molar-refractivity contribution in [2.45, 2.75) is 6.42 Å². The number of carbonyl (C=O) groups is 1. The highest BCUT2D eigenvalue weighted by atomic mass is 16.5. The molecular weight excluding hydrogens is 336 g/mol. The summed E-state index contributed by atoms with van der Waals surface area (Å²) in [5.74, 6) is 2.50. The Labute approximate surface area is 153 Å². The minimum absolute atomic E-state index is 0.294. The molecule has 2 rings (SSSR count). The topological polar surface area (TPSA) is 78.1 Å². The van der Waals surface area contributed by atoms with Crippen molar-refractivity contribution in [1.82, 2.24) is 5.32 Å². The van der Waals surface area contributed by atoms with Gasteiger partial charge in [0.1, 0.15) is 0 Å². The van der Waals surface area contributed by atoms with E-state index in [1.54, 1.807) is 46.6 Å². The molecule has 0 fully saturated rings. The largest absolute Gasteiger partial charge is 0.493 e. The van der Waals surface area contributed by atoms with Crippen LogP contribution in [0.3, 0.4) is 0 Å². The number of methoxy groups -OCH3 is 4. The summed E-state index contributed by atoms with van der Waals surface area (Å²) in [6.45, 7) is 0.481. The van der Waals surface area contributed by atoms with Crippen LogP contribution >= 0.6 is 0 Å². The SMILES string of the molecule is COc1ccc(CCNC(=O)Nc2ccc(OC)c(OC)c2)cc1OC. The van der Waals surface area contributed by atoms with E-state index in [0.717, 1.165) is 5.56 Å². The first kappa shape index (κ1) is 19.2. The number of rotatable bonds is 8. The van der Waals surface area contributed by atoms with E-state index < -0.39 is 0 Å². The molecule has 0 spiro atoms. The molecule has 0 unspecified atom stereocenters. The lowest BCUT2D eigenvalue weighted by Gasteiger charge is -2.12. The molecule has 0 atom stereocenters. The minimum atomic E-state index is -0.294. The highest BCUT2D eigenvalue weighted by Crippen LogP contribution is 2.30. The van der Waals surface area contributed by atoms with E-state index in [1.165, 1.54) is 0 Å². The normalized spacial score (nSPS) is 10.0. The second kappa shape index (κ2) is 9.41. The molecular formula is C19H24N2O5. The van der Waals surface area contributed by atoms with Crippen molar-refractivity contribution in [2.75, 3.05) is 40.3 Å². The van der Waals surface area contributed by atoms with Gasteiger partial charge < -0.3 is 29.6 Å². The van der Waals surface area contributed by atoms with Gasteiger partial charge in [-0.25, -0.2) is 4.79 Å². The Morgan fingerprint density at radius 2 is 1.38 bits per heavy atom. The van der Waals surface area contributed by atoms with E-state index >= 15 is 0 Å². The van der Waals surface area contributed by atoms with E-state index in [1.807, 2.05) is 18.2 Å². The number of nitrogens with one attached hydrogen (secondary N) is 2. The van der Waals surface area contributed by atoms with Gasteiger partial charge in [0, 0.05) is 18.3 Å². The van der Waals surface area contributed by atoms with Crippen LogP contribution in [0.4, 0.5) is 10.5 Å². The zero-order valence-electron chi connectivity index (χ0n) is 15.4. The molecule has 7 nitrogen and oxygen atoms in total. The first-order valence-corrected chi connectivity index (χ1v) is 8.09. The van der Waals surface area contributed by atoms with Crippen LogP contribution in [0.15, 0.2) is 36.4 Å². The quantitative estimate of drug-likeness (QED) is 0.756. The van der Waals surface area contributed by atoms with E-state index in [-0.39, 0.29) is 6.03 Å². The van der Waals surface area contributed by atoms with Crippen molar-refractivity contribution < 1.29 is 23.7 Å². The van der Waals surface area contributed by atoms with Crippen LogP contribution in [0, 0.1) is 0 Å². The molecule has 26 heavy (non-hydrogen) atoms. The summed E-state index contributed by atoms with van der Waals surface area (Å²) >= 11 is 0. The number of anilines is 1. The molecule has 0 saturated heterocycles. The first-order valence-electron chi connectivity index (χ1n) is 8.09. The van der Waals surface area contributed by atoms with Crippen molar-refractivity contribution in [2.24, 2.45) is 0 Å². The summed E-state index contributed by atoms with van der Waals surface area (Å²) in [4.78, 5) is 12.0. The van der Waals surface area contributed by atoms with Crippen molar-refractivity contribution in [3.8, 4) is 23.0 Å². The smallest absolute Gasteiger partial charge is 0.319 e. The number of hydrogen-bond acceptors (Lipinski definition) is 5. The summed E-state index contributed by atoms with van der Waals surface area (Å²) in [6.07, 6.45) is 0.666. The highest BCUT2D eigenvalue weighted by Gasteiger charge is 2.08. The van der Waals surface area contributed by atoms with E-state index in [9.17, 15) is 4.79 Å². The maximum absolute atomic E-state index is 12.0. The summed E-state index contributed by atoms with van der Waals surface area (Å²) < 4.78 is 20.9. The Morgan fingerprint density at radius 1 is 0.808 bits per heavy atom. The van der Waals surface area contributed by atoms with Gasteiger partial charge in [-0.2, -0.15) is 0 Å². The number of amides is 2. The van der Waals surface area contributed by atoms with Crippen LogP contribution in [-0.2, 0) is 6.42 Å². The summed E-state index contributed by atoms with van der Waals surface area (Å²) in [7, 11) is 6.30. The van der Waals surface area contributed by atoms with Crippen LogP contribution in [0.1, 0.15) is 5.56 Å². The van der Waals surface area contributed by atoms with Crippen LogP contribution in [0.25, 0.3) is 0 Å². The van der Waals surface area contributed by atoms with Gasteiger partial charge in [0.25, 0.3) is 0 Å². The number of ether oxygens (including phenoxy) is 4. The van der Waals surface area contributed by atoms with Gasteiger partial charge in [0.05, 0.1) is 28.4 Å². The van der Waals surface area contributed by atoms with Crippen LogP contribution in [0.5, 0.6) is 23.0 Å². The fourth-order valence-electron chi connectivity index (χ4n) is 2.45. The Bertz CT molecular complexity index is 749. The third-order valence-electron chi connectivity index (χ3n) is 3.79. The average Bonchev–Trinajstić information content (AvgIpc) is 2.67. The second-order valence-corrected chi connectivity index (χ2v) is 5.39. The third kappa shape index (κ3) is 4.95.